The third-order valence-electron chi connectivity index (χ3n) is 6.07. The lowest BCUT2D eigenvalue weighted by atomic mass is 9.90. The lowest BCUT2D eigenvalue weighted by molar-refractivity contribution is -0.140. The highest BCUT2D eigenvalue weighted by atomic mass is 32.2. The van der Waals surface area contributed by atoms with Crippen LogP contribution in [-0.2, 0) is 28.9 Å². The zero-order chi connectivity index (χ0) is 18.4. The molecule has 0 N–H and O–H groups in total. The van der Waals surface area contributed by atoms with Crippen molar-refractivity contribution < 1.29 is 4.79 Å². The van der Waals surface area contributed by atoms with Gasteiger partial charge in [0.1, 0.15) is 0 Å². The SMILES string of the molecule is O=C(N1CC(Cn2nc3c(cc2=O)CSCC3)C1)C1(c2ccccc2)CC1. The summed E-state index contributed by atoms with van der Waals surface area (Å²) in [5, 5.41) is 4.60. The molecule has 27 heavy (non-hydrogen) atoms. The molecule has 2 aromatic rings. The first-order valence-corrected chi connectivity index (χ1v) is 10.8. The minimum atomic E-state index is -0.287. The fourth-order valence-electron chi connectivity index (χ4n) is 4.29. The van der Waals surface area contributed by atoms with Crippen LogP contribution >= 0.6 is 11.8 Å². The minimum Gasteiger partial charge on any atom is -0.341 e. The van der Waals surface area contributed by atoms with Crippen molar-refractivity contribution in [3.63, 3.8) is 0 Å². The number of hydrogen-bond acceptors (Lipinski definition) is 4. The number of thioether (sulfide) groups is 1. The Kier molecular flexibility index (Phi) is 4.11. The third-order valence-corrected chi connectivity index (χ3v) is 7.07. The molecule has 5 nitrogen and oxygen atoms in total. The lowest BCUT2D eigenvalue weighted by Crippen LogP contribution is -2.55. The van der Waals surface area contributed by atoms with Crippen LogP contribution in [0.15, 0.2) is 41.2 Å². The molecule has 1 saturated heterocycles. The van der Waals surface area contributed by atoms with Crippen molar-refractivity contribution in [3.05, 3.63) is 63.6 Å². The van der Waals surface area contributed by atoms with Gasteiger partial charge in [0.2, 0.25) is 5.91 Å². The maximum absolute atomic E-state index is 13.0. The number of aromatic nitrogens is 2. The van der Waals surface area contributed by atoms with Gasteiger partial charge in [-0.1, -0.05) is 30.3 Å². The first-order chi connectivity index (χ1) is 13.2. The zero-order valence-electron chi connectivity index (χ0n) is 15.3. The number of rotatable bonds is 4. The number of carbonyl (C=O) groups excluding carboxylic acids is 1. The van der Waals surface area contributed by atoms with E-state index >= 15 is 0 Å². The Morgan fingerprint density at radius 1 is 1.22 bits per heavy atom. The minimum absolute atomic E-state index is 0.0102. The number of carbonyl (C=O) groups is 1. The lowest BCUT2D eigenvalue weighted by Gasteiger charge is -2.41. The van der Waals surface area contributed by atoms with Gasteiger partial charge in [-0.2, -0.15) is 16.9 Å². The second kappa shape index (κ2) is 6.51. The molecule has 140 valence electrons. The Morgan fingerprint density at radius 2 is 2.00 bits per heavy atom. The van der Waals surface area contributed by atoms with Crippen LogP contribution in [0.25, 0.3) is 0 Å². The highest BCUT2D eigenvalue weighted by molar-refractivity contribution is 7.98. The zero-order valence-corrected chi connectivity index (χ0v) is 16.1. The molecule has 2 fully saturated rings. The van der Waals surface area contributed by atoms with Gasteiger partial charge in [0.25, 0.3) is 5.56 Å². The van der Waals surface area contributed by atoms with Crippen LogP contribution in [-0.4, -0.2) is 39.4 Å². The van der Waals surface area contributed by atoms with Crippen molar-refractivity contribution in [1.82, 2.24) is 14.7 Å². The van der Waals surface area contributed by atoms with Gasteiger partial charge in [0.15, 0.2) is 0 Å². The summed E-state index contributed by atoms with van der Waals surface area (Å²) >= 11 is 1.86. The molecule has 0 unspecified atom stereocenters. The van der Waals surface area contributed by atoms with E-state index in [1.807, 2.05) is 34.9 Å². The third kappa shape index (κ3) is 3.00. The second-order valence-electron chi connectivity index (χ2n) is 7.96. The van der Waals surface area contributed by atoms with Crippen LogP contribution in [0, 0.1) is 5.92 Å². The molecule has 6 heteroatoms. The maximum atomic E-state index is 13.0. The first-order valence-electron chi connectivity index (χ1n) is 9.68. The van der Waals surface area contributed by atoms with Crippen LogP contribution in [0.5, 0.6) is 0 Å². The number of amides is 1. The topological polar surface area (TPSA) is 55.2 Å². The van der Waals surface area contributed by atoms with Crippen molar-refractivity contribution in [1.29, 1.82) is 0 Å². The maximum Gasteiger partial charge on any atom is 0.267 e. The van der Waals surface area contributed by atoms with E-state index in [-0.39, 0.29) is 16.9 Å². The molecule has 0 bridgehead atoms. The number of aryl methyl sites for hydroxylation is 1. The van der Waals surface area contributed by atoms with Crippen molar-refractivity contribution >= 4 is 17.7 Å². The summed E-state index contributed by atoms with van der Waals surface area (Å²) in [5.74, 6) is 2.55. The van der Waals surface area contributed by atoms with Gasteiger partial charge in [0, 0.05) is 37.2 Å². The predicted octanol–water partition coefficient (Wildman–Crippen LogP) is 2.22. The van der Waals surface area contributed by atoms with E-state index in [1.54, 1.807) is 10.7 Å². The van der Waals surface area contributed by atoms with Gasteiger partial charge in [-0.3, -0.25) is 9.59 Å². The fourth-order valence-corrected chi connectivity index (χ4v) is 5.24. The molecule has 1 aromatic carbocycles. The van der Waals surface area contributed by atoms with E-state index in [9.17, 15) is 9.59 Å². The molecule has 3 aliphatic rings. The van der Waals surface area contributed by atoms with Crippen LogP contribution in [0.4, 0.5) is 0 Å². The number of benzene rings is 1. The molecule has 1 aromatic heterocycles. The van der Waals surface area contributed by atoms with E-state index in [0.717, 1.165) is 60.7 Å². The molecule has 1 aliphatic carbocycles. The predicted molar refractivity (Wildman–Crippen MR) is 106 cm³/mol. The van der Waals surface area contributed by atoms with Crippen molar-refractivity contribution in [2.45, 2.75) is 37.0 Å². The Labute approximate surface area is 162 Å². The van der Waals surface area contributed by atoms with E-state index < -0.39 is 0 Å². The molecule has 2 aliphatic heterocycles. The molecule has 1 amide bonds. The molecule has 3 heterocycles. The standard InChI is InChI=1S/C21H23N3O2S/c25-19-10-16-14-27-9-6-18(16)22-24(19)13-15-11-23(12-15)20(26)21(7-8-21)17-4-2-1-3-5-17/h1-5,10,15H,6-9,11-14H2. The smallest absolute Gasteiger partial charge is 0.267 e. The van der Waals surface area contributed by atoms with E-state index in [0.29, 0.717) is 12.5 Å². The van der Waals surface area contributed by atoms with E-state index in [1.165, 1.54) is 0 Å². The highest BCUT2D eigenvalue weighted by Crippen LogP contribution is 2.50. The second-order valence-corrected chi connectivity index (χ2v) is 9.07. The quantitative estimate of drug-likeness (QED) is 0.815. The number of nitrogens with zero attached hydrogens (tertiary/aromatic N) is 3. The molecule has 5 rings (SSSR count). The molecule has 0 spiro atoms. The Bertz CT molecular complexity index is 930. The summed E-state index contributed by atoms with van der Waals surface area (Å²) in [5.41, 5.74) is 3.01. The Balaban J connectivity index is 1.24. The molecule has 0 radical (unpaired) electrons. The first kappa shape index (κ1) is 17.0. The highest BCUT2D eigenvalue weighted by Gasteiger charge is 2.54. The summed E-state index contributed by atoms with van der Waals surface area (Å²) in [7, 11) is 0. The Hall–Kier alpha value is -2.08. The molecular formula is C21H23N3O2S. The summed E-state index contributed by atoms with van der Waals surface area (Å²) < 4.78 is 1.62. The average molecular weight is 382 g/mol. The van der Waals surface area contributed by atoms with Crippen molar-refractivity contribution in [3.8, 4) is 0 Å². The largest absolute Gasteiger partial charge is 0.341 e. The van der Waals surface area contributed by atoms with Crippen LogP contribution < -0.4 is 5.56 Å². The van der Waals surface area contributed by atoms with Crippen LogP contribution in [0.3, 0.4) is 0 Å². The van der Waals surface area contributed by atoms with E-state index in [4.69, 9.17) is 0 Å². The Morgan fingerprint density at radius 3 is 2.74 bits per heavy atom. The van der Waals surface area contributed by atoms with Gasteiger partial charge in [0.05, 0.1) is 17.7 Å². The summed E-state index contributed by atoms with van der Waals surface area (Å²) in [6.45, 7) is 2.07. The summed E-state index contributed by atoms with van der Waals surface area (Å²) in [4.78, 5) is 27.3. The van der Waals surface area contributed by atoms with Gasteiger partial charge in [-0.15, -0.1) is 0 Å². The molecule has 0 atom stereocenters. The monoisotopic (exact) mass is 381 g/mol. The fraction of sp³-hybridized carbons (Fsp3) is 0.476. The van der Waals surface area contributed by atoms with Gasteiger partial charge in [-0.05, 0) is 29.7 Å². The van der Waals surface area contributed by atoms with Crippen LogP contribution in [0.2, 0.25) is 0 Å². The normalized spacial score (nSPS) is 20.7. The number of fused-ring (bicyclic) bond motifs is 1. The molecular weight excluding hydrogens is 358 g/mol. The summed E-state index contributed by atoms with van der Waals surface area (Å²) in [6.07, 6.45) is 2.83. The van der Waals surface area contributed by atoms with Crippen molar-refractivity contribution in [2.75, 3.05) is 18.8 Å². The van der Waals surface area contributed by atoms with Gasteiger partial charge in [-0.25, -0.2) is 4.68 Å². The number of likely N-dealkylation sites (tertiary alicyclic amines) is 1. The summed E-state index contributed by atoms with van der Waals surface area (Å²) in [6, 6.07) is 11.9. The molecule has 1 saturated carbocycles. The van der Waals surface area contributed by atoms with Gasteiger partial charge >= 0.3 is 0 Å². The average Bonchev–Trinajstić information content (AvgIpc) is 3.47. The van der Waals surface area contributed by atoms with Crippen molar-refractivity contribution in [2.24, 2.45) is 5.92 Å². The van der Waals surface area contributed by atoms with Crippen LogP contribution in [0.1, 0.15) is 29.7 Å². The van der Waals surface area contributed by atoms with Gasteiger partial charge < -0.3 is 4.90 Å². The van der Waals surface area contributed by atoms with E-state index in [2.05, 4.69) is 17.2 Å². The number of hydrogen-bond donors (Lipinski definition) is 0.